The number of aromatic hydroxyl groups is 1. The van der Waals surface area contributed by atoms with Gasteiger partial charge in [0.1, 0.15) is 17.8 Å². The van der Waals surface area contributed by atoms with Crippen LogP contribution in [-0.2, 0) is 6.42 Å². The maximum atomic E-state index is 12.5. The first-order valence-electron chi connectivity index (χ1n) is 9.45. The Hall–Kier alpha value is -3.40. The first kappa shape index (κ1) is 20.3. The molecule has 0 radical (unpaired) electrons. The second-order valence-corrected chi connectivity index (χ2v) is 7.44. The third-order valence-electron chi connectivity index (χ3n) is 4.96. The maximum absolute atomic E-state index is 12.5. The highest BCUT2D eigenvalue weighted by Crippen LogP contribution is 2.29. The zero-order chi connectivity index (χ0) is 21.1. The van der Waals surface area contributed by atoms with Crippen molar-refractivity contribution in [1.82, 2.24) is 0 Å². The van der Waals surface area contributed by atoms with E-state index in [4.69, 9.17) is 4.74 Å². The molecule has 0 amide bonds. The molecule has 0 unspecified atom stereocenters. The molecule has 0 bridgehead atoms. The van der Waals surface area contributed by atoms with Crippen LogP contribution in [0.15, 0.2) is 48.5 Å². The van der Waals surface area contributed by atoms with Crippen LogP contribution in [0.3, 0.4) is 0 Å². The fourth-order valence-electron chi connectivity index (χ4n) is 3.54. The molecule has 0 spiro atoms. The summed E-state index contributed by atoms with van der Waals surface area (Å²) in [5.74, 6) is 0.437. The number of phenolic OH excluding ortho intramolecular Hbond substituents is 1. The summed E-state index contributed by atoms with van der Waals surface area (Å²) in [4.78, 5) is 23.2. The third-order valence-corrected chi connectivity index (χ3v) is 4.96. The minimum Gasteiger partial charge on any atom is -0.507 e. The van der Waals surface area contributed by atoms with Crippen LogP contribution < -0.4 is 4.74 Å². The zero-order valence-electron chi connectivity index (χ0n) is 17.1. The first-order chi connectivity index (χ1) is 13.8. The van der Waals surface area contributed by atoms with Crippen LogP contribution in [0.5, 0.6) is 11.5 Å². The Morgan fingerprint density at radius 2 is 1.34 bits per heavy atom. The van der Waals surface area contributed by atoms with E-state index in [9.17, 15) is 14.7 Å². The number of hydrogen-bond donors (Lipinski definition) is 1. The molecule has 4 nitrogen and oxygen atoms in total. The van der Waals surface area contributed by atoms with Gasteiger partial charge in [-0.25, -0.2) is 4.79 Å². The molecule has 29 heavy (non-hydrogen) atoms. The highest BCUT2D eigenvalue weighted by atomic mass is 16.5. The Bertz CT molecular complexity index is 1030. The molecule has 1 N–H and O–H groups in total. The fraction of sp³-hybridized carbons (Fsp3) is 0.200. The van der Waals surface area contributed by atoms with Gasteiger partial charge in [0, 0.05) is 5.56 Å². The van der Waals surface area contributed by atoms with Gasteiger partial charge in [0.2, 0.25) is 0 Å². The Balaban J connectivity index is 1.81. The average Bonchev–Trinajstić information content (AvgIpc) is 2.68. The highest BCUT2D eigenvalue weighted by molar-refractivity contribution is 5.92. The molecule has 148 valence electrons. The summed E-state index contributed by atoms with van der Waals surface area (Å²) in [6, 6.07) is 14.4. The number of benzene rings is 3. The smallest absolute Gasteiger partial charge is 0.343 e. The Morgan fingerprint density at radius 3 is 1.83 bits per heavy atom. The summed E-state index contributed by atoms with van der Waals surface area (Å²) in [7, 11) is 0. The summed E-state index contributed by atoms with van der Waals surface area (Å²) >= 11 is 0. The highest BCUT2D eigenvalue weighted by Gasteiger charge is 2.14. The van der Waals surface area contributed by atoms with Crippen molar-refractivity contribution in [3.8, 4) is 11.5 Å². The van der Waals surface area contributed by atoms with Crippen molar-refractivity contribution in [3.05, 3.63) is 93.0 Å². The second kappa shape index (κ2) is 8.31. The molecule has 0 aliphatic rings. The molecule has 0 aliphatic carbocycles. The van der Waals surface area contributed by atoms with Crippen molar-refractivity contribution < 1.29 is 19.4 Å². The number of carbonyl (C=O) groups is 2. The molecular formula is C25H24O4. The van der Waals surface area contributed by atoms with E-state index in [0.717, 1.165) is 46.1 Å². The Labute approximate surface area is 170 Å². The van der Waals surface area contributed by atoms with Gasteiger partial charge in [-0.1, -0.05) is 36.4 Å². The lowest BCUT2D eigenvalue weighted by Crippen LogP contribution is -2.10. The molecule has 3 aromatic carbocycles. The van der Waals surface area contributed by atoms with Gasteiger partial charge < -0.3 is 9.84 Å². The van der Waals surface area contributed by atoms with E-state index in [-0.39, 0.29) is 0 Å². The van der Waals surface area contributed by atoms with E-state index in [1.165, 1.54) is 0 Å². The topological polar surface area (TPSA) is 63.6 Å². The van der Waals surface area contributed by atoms with Crippen molar-refractivity contribution in [3.63, 3.8) is 0 Å². The number of esters is 1. The number of aryl methyl sites for hydroxylation is 4. The summed E-state index contributed by atoms with van der Waals surface area (Å²) in [6.45, 7) is 7.63. The van der Waals surface area contributed by atoms with Crippen LogP contribution in [0, 0.1) is 27.7 Å². The minimum atomic E-state index is -0.453. The van der Waals surface area contributed by atoms with Gasteiger partial charge >= 0.3 is 5.97 Å². The number of hydrogen-bond acceptors (Lipinski definition) is 4. The van der Waals surface area contributed by atoms with Crippen molar-refractivity contribution in [1.29, 1.82) is 0 Å². The van der Waals surface area contributed by atoms with Gasteiger partial charge in [-0.3, -0.25) is 4.79 Å². The third kappa shape index (κ3) is 4.54. The molecule has 0 heterocycles. The molecule has 0 saturated carbocycles. The van der Waals surface area contributed by atoms with Gasteiger partial charge in [0.15, 0.2) is 0 Å². The maximum Gasteiger partial charge on any atom is 0.343 e. The molecule has 0 aromatic heterocycles. The number of rotatable bonds is 5. The van der Waals surface area contributed by atoms with Gasteiger partial charge in [0.05, 0.1) is 5.56 Å². The molecule has 3 rings (SSSR count). The first-order valence-corrected chi connectivity index (χ1v) is 9.45. The van der Waals surface area contributed by atoms with E-state index in [1.54, 1.807) is 24.3 Å². The Morgan fingerprint density at radius 1 is 0.862 bits per heavy atom. The minimum absolute atomic E-state index is 0.338. The predicted molar refractivity (Wildman–Crippen MR) is 113 cm³/mol. The molecular weight excluding hydrogens is 364 g/mol. The molecule has 0 atom stereocenters. The van der Waals surface area contributed by atoms with E-state index in [1.807, 2.05) is 52.0 Å². The van der Waals surface area contributed by atoms with E-state index < -0.39 is 5.97 Å². The van der Waals surface area contributed by atoms with E-state index in [2.05, 4.69) is 0 Å². The van der Waals surface area contributed by atoms with Crippen LogP contribution >= 0.6 is 0 Å². The monoisotopic (exact) mass is 388 g/mol. The van der Waals surface area contributed by atoms with Gasteiger partial charge in [-0.05, 0) is 79.6 Å². The zero-order valence-corrected chi connectivity index (χ0v) is 17.1. The van der Waals surface area contributed by atoms with Crippen LogP contribution in [0.25, 0.3) is 0 Å². The SMILES string of the molecule is Cc1cc(Cc2cc(C)c(OC(=O)c3ccc(C=O)cc3)c(C)c2)cc(C)c1O. The summed E-state index contributed by atoms with van der Waals surface area (Å²) in [5, 5.41) is 9.96. The van der Waals surface area contributed by atoms with Crippen molar-refractivity contribution in [2.24, 2.45) is 0 Å². The molecule has 0 saturated heterocycles. The fourth-order valence-corrected chi connectivity index (χ4v) is 3.54. The van der Waals surface area contributed by atoms with Crippen molar-refractivity contribution >= 4 is 12.3 Å². The van der Waals surface area contributed by atoms with Gasteiger partial charge in [-0.15, -0.1) is 0 Å². The Kier molecular flexibility index (Phi) is 5.83. The number of aldehydes is 1. The summed E-state index contributed by atoms with van der Waals surface area (Å²) in [5.41, 5.74) is 6.62. The number of carbonyl (C=O) groups excluding carboxylic acids is 2. The summed E-state index contributed by atoms with van der Waals surface area (Å²) in [6.07, 6.45) is 1.46. The lowest BCUT2D eigenvalue weighted by Gasteiger charge is -2.14. The molecule has 0 fully saturated rings. The second-order valence-electron chi connectivity index (χ2n) is 7.44. The van der Waals surface area contributed by atoms with Crippen LogP contribution in [0.4, 0.5) is 0 Å². The van der Waals surface area contributed by atoms with Crippen LogP contribution in [-0.4, -0.2) is 17.4 Å². The largest absolute Gasteiger partial charge is 0.507 e. The lowest BCUT2D eigenvalue weighted by molar-refractivity contribution is 0.0732. The van der Waals surface area contributed by atoms with Crippen molar-refractivity contribution in [2.45, 2.75) is 34.1 Å². The molecule has 4 heteroatoms. The normalized spacial score (nSPS) is 10.6. The van der Waals surface area contributed by atoms with Crippen molar-refractivity contribution in [2.75, 3.05) is 0 Å². The van der Waals surface area contributed by atoms with Gasteiger partial charge in [-0.2, -0.15) is 0 Å². The van der Waals surface area contributed by atoms with E-state index >= 15 is 0 Å². The standard InChI is InChI=1S/C25H24O4/c1-15-9-20(10-16(2)23(15)27)13-21-11-17(3)24(18(4)12-21)29-25(28)22-7-5-19(14-26)6-8-22/h5-12,14,27H,13H2,1-4H3. The lowest BCUT2D eigenvalue weighted by atomic mass is 9.97. The van der Waals surface area contributed by atoms with Crippen LogP contribution in [0.2, 0.25) is 0 Å². The van der Waals surface area contributed by atoms with Gasteiger partial charge in [0.25, 0.3) is 0 Å². The quantitative estimate of drug-likeness (QED) is 0.368. The van der Waals surface area contributed by atoms with E-state index in [0.29, 0.717) is 22.6 Å². The predicted octanol–water partition coefficient (Wildman–Crippen LogP) is 5.25. The number of phenols is 1. The molecule has 3 aromatic rings. The average molecular weight is 388 g/mol. The molecule has 0 aliphatic heterocycles. The number of ether oxygens (including phenoxy) is 1. The summed E-state index contributed by atoms with van der Waals surface area (Å²) < 4.78 is 5.63. The van der Waals surface area contributed by atoms with Crippen LogP contribution in [0.1, 0.15) is 54.1 Å².